The molecule has 32 heavy (non-hydrogen) atoms. The van der Waals surface area contributed by atoms with E-state index in [0.29, 0.717) is 30.0 Å². The Bertz CT molecular complexity index is 1240. The molecule has 0 amide bonds. The quantitative estimate of drug-likeness (QED) is 0.440. The molecular weight excluding hydrogens is 417 g/mol. The lowest BCUT2D eigenvalue weighted by atomic mass is 10.1. The highest BCUT2D eigenvalue weighted by Crippen LogP contribution is 2.37. The molecule has 4 aromatic rings. The second-order valence-corrected chi connectivity index (χ2v) is 7.81. The van der Waals surface area contributed by atoms with Gasteiger partial charge in [-0.3, -0.25) is 9.38 Å². The average Bonchev–Trinajstić information content (AvgIpc) is 3.23. The Morgan fingerprint density at radius 2 is 1.59 bits per heavy atom. The van der Waals surface area contributed by atoms with E-state index in [1.165, 1.54) is 10.6 Å². The third kappa shape index (κ3) is 3.82. The second kappa shape index (κ2) is 7.94. The van der Waals surface area contributed by atoms with E-state index in [9.17, 15) is 13.2 Å². The van der Waals surface area contributed by atoms with Crippen LogP contribution in [0.5, 0.6) is 0 Å². The van der Waals surface area contributed by atoms with Gasteiger partial charge in [0, 0.05) is 53.6 Å². The number of rotatable bonds is 3. The van der Waals surface area contributed by atoms with Crippen molar-refractivity contribution in [1.82, 2.24) is 14.4 Å². The van der Waals surface area contributed by atoms with E-state index < -0.39 is 11.7 Å². The number of nitrogens with zero attached hydrogens (tertiary/aromatic N) is 4. The smallest absolute Gasteiger partial charge is 0.378 e. The van der Waals surface area contributed by atoms with Crippen LogP contribution in [0.4, 0.5) is 18.9 Å². The minimum atomic E-state index is -4.53. The van der Waals surface area contributed by atoms with E-state index in [1.54, 1.807) is 24.5 Å². The van der Waals surface area contributed by atoms with Crippen LogP contribution in [0.3, 0.4) is 0 Å². The van der Waals surface area contributed by atoms with Crippen LogP contribution in [-0.2, 0) is 10.9 Å². The predicted octanol–water partition coefficient (Wildman–Crippen LogP) is 5.23. The van der Waals surface area contributed by atoms with Gasteiger partial charge in [0.1, 0.15) is 5.65 Å². The number of morpholine rings is 1. The zero-order valence-corrected chi connectivity index (χ0v) is 17.4. The summed E-state index contributed by atoms with van der Waals surface area (Å²) in [7, 11) is 0. The Hall–Kier alpha value is -3.39. The first-order valence-electron chi connectivity index (χ1n) is 10.3. The van der Waals surface area contributed by atoms with Crippen molar-refractivity contribution >= 4 is 11.3 Å². The maximum Gasteiger partial charge on any atom is 0.420 e. The number of hydrogen-bond acceptors (Lipinski definition) is 4. The first-order chi connectivity index (χ1) is 15.4. The molecule has 0 saturated carbocycles. The molecule has 8 heteroatoms. The fourth-order valence-electron chi connectivity index (χ4n) is 3.97. The number of alkyl halides is 3. The zero-order valence-electron chi connectivity index (χ0n) is 17.4. The molecule has 5 nitrogen and oxygen atoms in total. The Labute approximate surface area is 183 Å². The Kier molecular flexibility index (Phi) is 5.09. The van der Waals surface area contributed by atoms with E-state index in [2.05, 4.69) is 14.9 Å². The van der Waals surface area contributed by atoms with Crippen LogP contribution in [-0.4, -0.2) is 40.7 Å². The molecule has 0 aliphatic carbocycles. The molecule has 1 aliphatic heterocycles. The van der Waals surface area contributed by atoms with Crippen LogP contribution in [0.15, 0.2) is 61.1 Å². The summed E-state index contributed by atoms with van der Waals surface area (Å²) in [5.41, 5.74) is 3.41. The van der Waals surface area contributed by atoms with Crippen molar-refractivity contribution in [3.8, 4) is 22.4 Å². The molecule has 0 bridgehead atoms. The highest BCUT2D eigenvalue weighted by atomic mass is 19.4. The van der Waals surface area contributed by atoms with E-state index in [-0.39, 0.29) is 5.65 Å². The number of aryl methyl sites for hydroxylation is 1. The van der Waals surface area contributed by atoms with Gasteiger partial charge in [-0.1, -0.05) is 18.2 Å². The lowest BCUT2D eigenvalue weighted by Crippen LogP contribution is -2.36. The van der Waals surface area contributed by atoms with Gasteiger partial charge in [-0.25, -0.2) is 4.98 Å². The Morgan fingerprint density at radius 3 is 2.25 bits per heavy atom. The lowest BCUT2D eigenvalue weighted by molar-refractivity contribution is -0.136. The largest absolute Gasteiger partial charge is 0.420 e. The van der Waals surface area contributed by atoms with Crippen molar-refractivity contribution in [3.05, 3.63) is 72.3 Å². The van der Waals surface area contributed by atoms with Crippen molar-refractivity contribution in [2.24, 2.45) is 0 Å². The van der Waals surface area contributed by atoms with Gasteiger partial charge in [0.15, 0.2) is 0 Å². The molecule has 0 N–H and O–H groups in total. The molecule has 0 unspecified atom stereocenters. The fourth-order valence-corrected chi connectivity index (χ4v) is 3.97. The number of anilines is 1. The first kappa shape index (κ1) is 20.5. The maximum absolute atomic E-state index is 13.9. The Balaban J connectivity index is 1.61. The number of imidazole rings is 1. The summed E-state index contributed by atoms with van der Waals surface area (Å²) in [5.74, 6) is 0. The number of fused-ring (bicyclic) bond motifs is 1. The summed E-state index contributed by atoms with van der Waals surface area (Å²) in [6.45, 7) is 4.84. The van der Waals surface area contributed by atoms with Gasteiger partial charge >= 0.3 is 6.18 Å². The summed E-state index contributed by atoms with van der Waals surface area (Å²) in [4.78, 5) is 10.6. The summed E-state index contributed by atoms with van der Waals surface area (Å²) in [6.07, 6.45) is 0.239. The zero-order chi connectivity index (χ0) is 22.3. The predicted molar refractivity (Wildman–Crippen MR) is 117 cm³/mol. The second-order valence-electron chi connectivity index (χ2n) is 7.81. The number of benzene rings is 1. The lowest BCUT2D eigenvalue weighted by Gasteiger charge is -2.28. The SMILES string of the molecule is Cc1ccc(-c2cc(C(F)(F)F)c3ncc(-c4ccc(N5CCOCC5)cc4)n3c2)cn1. The van der Waals surface area contributed by atoms with Crippen LogP contribution in [0, 0.1) is 6.92 Å². The standard InChI is InChI=1S/C24H21F3N4O/c1-16-2-3-18(13-28-16)19-12-21(24(25,26)27)23-29-14-22(31(23)15-19)17-4-6-20(7-5-17)30-8-10-32-11-9-30/h2-7,12-15H,8-11H2,1H3. The molecule has 0 spiro atoms. The molecule has 164 valence electrons. The number of aromatic nitrogens is 3. The molecule has 3 aromatic heterocycles. The van der Waals surface area contributed by atoms with Gasteiger partial charge in [-0.2, -0.15) is 13.2 Å². The summed E-state index contributed by atoms with van der Waals surface area (Å²) >= 11 is 0. The summed E-state index contributed by atoms with van der Waals surface area (Å²) in [6, 6.07) is 12.5. The van der Waals surface area contributed by atoms with Crippen molar-refractivity contribution in [2.45, 2.75) is 13.1 Å². The number of halogens is 3. The number of hydrogen-bond donors (Lipinski definition) is 0. The van der Waals surface area contributed by atoms with E-state index in [0.717, 1.165) is 36.1 Å². The van der Waals surface area contributed by atoms with Crippen LogP contribution >= 0.6 is 0 Å². The molecule has 4 heterocycles. The highest BCUT2D eigenvalue weighted by Gasteiger charge is 2.35. The van der Waals surface area contributed by atoms with Gasteiger partial charge in [0.05, 0.1) is 30.7 Å². The number of ether oxygens (including phenoxy) is 1. The van der Waals surface area contributed by atoms with Crippen molar-refractivity contribution < 1.29 is 17.9 Å². The van der Waals surface area contributed by atoms with Crippen LogP contribution in [0.25, 0.3) is 28.0 Å². The third-order valence-corrected chi connectivity index (χ3v) is 5.70. The van der Waals surface area contributed by atoms with Gasteiger partial charge in [0.2, 0.25) is 0 Å². The molecule has 1 saturated heterocycles. The molecular formula is C24H21F3N4O. The third-order valence-electron chi connectivity index (χ3n) is 5.70. The van der Waals surface area contributed by atoms with E-state index in [4.69, 9.17) is 4.74 Å². The summed E-state index contributed by atoms with van der Waals surface area (Å²) in [5, 5.41) is 0. The molecule has 1 aliphatic rings. The van der Waals surface area contributed by atoms with Crippen molar-refractivity contribution in [2.75, 3.05) is 31.2 Å². The topological polar surface area (TPSA) is 42.7 Å². The fraction of sp³-hybridized carbons (Fsp3) is 0.250. The minimum Gasteiger partial charge on any atom is -0.378 e. The Morgan fingerprint density at radius 1 is 0.875 bits per heavy atom. The molecule has 1 fully saturated rings. The van der Waals surface area contributed by atoms with Crippen molar-refractivity contribution in [3.63, 3.8) is 0 Å². The molecule has 0 radical (unpaired) electrons. The van der Waals surface area contributed by atoms with Crippen LogP contribution in [0.2, 0.25) is 0 Å². The molecule has 5 rings (SSSR count). The van der Waals surface area contributed by atoms with Gasteiger partial charge in [-0.15, -0.1) is 0 Å². The minimum absolute atomic E-state index is 0.117. The maximum atomic E-state index is 13.9. The van der Waals surface area contributed by atoms with E-state index in [1.807, 2.05) is 31.2 Å². The normalized spacial score (nSPS) is 14.8. The van der Waals surface area contributed by atoms with Crippen molar-refractivity contribution in [1.29, 1.82) is 0 Å². The van der Waals surface area contributed by atoms with Crippen LogP contribution in [0.1, 0.15) is 11.3 Å². The number of pyridine rings is 2. The molecule has 0 atom stereocenters. The first-order valence-corrected chi connectivity index (χ1v) is 10.3. The van der Waals surface area contributed by atoms with Crippen LogP contribution < -0.4 is 4.90 Å². The molecule has 1 aromatic carbocycles. The monoisotopic (exact) mass is 438 g/mol. The van der Waals surface area contributed by atoms with Gasteiger partial charge in [0.25, 0.3) is 0 Å². The highest BCUT2D eigenvalue weighted by molar-refractivity contribution is 5.72. The average molecular weight is 438 g/mol. The van der Waals surface area contributed by atoms with E-state index >= 15 is 0 Å². The van der Waals surface area contributed by atoms with Gasteiger partial charge in [-0.05, 0) is 31.2 Å². The summed E-state index contributed by atoms with van der Waals surface area (Å²) < 4.78 is 48.5. The van der Waals surface area contributed by atoms with Gasteiger partial charge < -0.3 is 9.64 Å².